The topological polar surface area (TPSA) is 36.9 Å². The highest BCUT2D eigenvalue weighted by molar-refractivity contribution is 9.09. The van der Waals surface area contributed by atoms with Crippen molar-refractivity contribution in [3.05, 3.63) is 0 Å². The Kier molecular flexibility index (Phi) is 10.7. The molecular formula is C11H23BrO4. The molecule has 0 N–H and O–H groups in total. The number of ether oxygens (including phenoxy) is 4. The van der Waals surface area contributed by atoms with Crippen LogP contribution in [0.5, 0.6) is 0 Å². The van der Waals surface area contributed by atoms with Crippen molar-refractivity contribution in [3.63, 3.8) is 0 Å². The van der Waals surface area contributed by atoms with Crippen molar-refractivity contribution < 1.29 is 18.9 Å². The Morgan fingerprint density at radius 2 is 1.38 bits per heavy atom. The smallest absolute Gasteiger partial charge is 0.0724 e. The van der Waals surface area contributed by atoms with E-state index in [1.807, 2.05) is 13.8 Å². The van der Waals surface area contributed by atoms with E-state index in [2.05, 4.69) is 15.9 Å². The molecular weight excluding hydrogens is 276 g/mol. The summed E-state index contributed by atoms with van der Waals surface area (Å²) in [4.78, 5) is 0. The third-order valence-electron chi connectivity index (χ3n) is 1.85. The van der Waals surface area contributed by atoms with E-state index in [0.717, 1.165) is 5.33 Å². The number of methoxy groups -OCH3 is 1. The van der Waals surface area contributed by atoms with Gasteiger partial charge in [-0.25, -0.2) is 0 Å². The summed E-state index contributed by atoms with van der Waals surface area (Å²) >= 11 is 3.39. The van der Waals surface area contributed by atoms with E-state index in [4.69, 9.17) is 18.9 Å². The maximum Gasteiger partial charge on any atom is 0.0724 e. The van der Waals surface area contributed by atoms with Crippen LogP contribution in [0, 0.1) is 0 Å². The highest BCUT2D eigenvalue weighted by Crippen LogP contribution is 2.11. The second kappa shape index (κ2) is 10.5. The molecule has 0 fully saturated rings. The fourth-order valence-corrected chi connectivity index (χ4v) is 1.04. The monoisotopic (exact) mass is 298 g/mol. The molecule has 0 atom stereocenters. The molecule has 5 heteroatoms. The van der Waals surface area contributed by atoms with Crippen LogP contribution in [0.4, 0.5) is 0 Å². The first kappa shape index (κ1) is 16.3. The molecule has 0 unspecified atom stereocenters. The van der Waals surface area contributed by atoms with Gasteiger partial charge in [0.15, 0.2) is 0 Å². The molecule has 0 rings (SSSR count). The van der Waals surface area contributed by atoms with Gasteiger partial charge in [-0.05, 0) is 13.8 Å². The average Bonchev–Trinajstić information content (AvgIpc) is 2.27. The minimum atomic E-state index is -0.127. The first-order valence-electron chi connectivity index (χ1n) is 5.47. The van der Waals surface area contributed by atoms with Gasteiger partial charge in [-0.15, -0.1) is 0 Å². The van der Waals surface area contributed by atoms with Crippen molar-refractivity contribution in [1.82, 2.24) is 0 Å². The Balaban J connectivity index is 3.10. The van der Waals surface area contributed by atoms with E-state index in [1.54, 1.807) is 7.11 Å². The highest BCUT2D eigenvalue weighted by Gasteiger charge is 2.15. The normalized spacial score (nSPS) is 12.0. The number of rotatable bonds is 11. The van der Waals surface area contributed by atoms with Crippen LogP contribution in [-0.2, 0) is 18.9 Å². The molecule has 0 spiro atoms. The molecule has 0 aromatic carbocycles. The van der Waals surface area contributed by atoms with Gasteiger partial charge in [-0.2, -0.15) is 0 Å². The lowest BCUT2D eigenvalue weighted by atomic mass is 10.2. The molecule has 0 aromatic heterocycles. The quantitative estimate of drug-likeness (QED) is 0.431. The van der Waals surface area contributed by atoms with Crippen LogP contribution in [0.15, 0.2) is 0 Å². The minimum absolute atomic E-state index is 0.127. The van der Waals surface area contributed by atoms with E-state index in [0.29, 0.717) is 39.6 Å². The van der Waals surface area contributed by atoms with Crippen LogP contribution in [0.2, 0.25) is 0 Å². The molecule has 0 saturated carbocycles. The molecule has 0 aliphatic heterocycles. The summed E-state index contributed by atoms with van der Waals surface area (Å²) in [5, 5.41) is 0.820. The molecule has 0 amide bonds. The van der Waals surface area contributed by atoms with Crippen molar-refractivity contribution in [1.29, 1.82) is 0 Å². The Morgan fingerprint density at radius 3 is 1.88 bits per heavy atom. The molecule has 0 radical (unpaired) electrons. The van der Waals surface area contributed by atoms with Gasteiger partial charge < -0.3 is 18.9 Å². The van der Waals surface area contributed by atoms with Gasteiger partial charge >= 0.3 is 0 Å². The lowest BCUT2D eigenvalue weighted by Crippen LogP contribution is -2.28. The SMILES string of the molecule is COCCOCCOCCOC(C)(C)CBr. The summed E-state index contributed by atoms with van der Waals surface area (Å²) < 4.78 is 21.0. The molecule has 0 aliphatic rings. The van der Waals surface area contributed by atoms with Crippen LogP contribution < -0.4 is 0 Å². The van der Waals surface area contributed by atoms with E-state index in [9.17, 15) is 0 Å². The van der Waals surface area contributed by atoms with Crippen molar-refractivity contribution in [2.75, 3.05) is 52.1 Å². The molecule has 0 heterocycles. The van der Waals surface area contributed by atoms with Crippen molar-refractivity contribution in [2.24, 2.45) is 0 Å². The molecule has 0 aliphatic carbocycles. The Morgan fingerprint density at radius 1 is 0.875 bits per heavy atom. The third-order valence-corrected chi connectivity index (χ3v) is 3.20. The van der Waals surface area contributed by atoms with E-state index in [1.165, 1.54) is 0 Å². The Labute approximate surface area is 107 Å². The lowest BCUT2D eigenvalue weighted by Gasteiger charge is -2.22. The van der Waals surface area contributed by atoms with Crippen LogP contribution >= 0.6 is 15.9 Å². The maximum atomic E-state index is 5.59. The van der Waals surface area contributed by atoms with Crippen LogP contribution in [0.1, 0.15) is 13.8 Å². The van der Waals surface area contributed by atoms with Crippen LogP contribution in [0.25, 0.3) is 0 Å². The van der Waals surface area contributed by atoms with Crippen LogP contribution in [0.3, 0.4) is 0 Å². The summed E-state index contributed by atoms with van der Waals surface area (Å²) in [6.07, 6.45) is 0. The lowest BCUT2D eigenvalue weighted by molar-refractivity contribution is -0.0414. The summed E-state index contributed by atoms with van der Waals surface area (Å²) in [6, 6.07) is 0. The average molecular weight is 299 g/mol. The third kappa shape index (κ3) is 10.8. The summed E-state index contributed by atoms with van der Waals surface area (Å²) in [5.41, 5.74) is -0.127. The minimum Gasteiger partial charge on any atom is -0.382 e. The number of halogens is 1. The zero-order chi connectivity index (χ0) is 12.3. The van der Waals surface area contributed by atoms with E-state index in [-0.39, 0.29) is 5.60 Å². The predicted molar refractivity (Wildman–Crippen MR) is 67.3 cm³/mol. The van der Waals surface area contributed by atoms with Gasteiger partial charge in [0.2, 0.25) is 0 Å². The molecule has 16 heavy (non-hydrogen) atoms. The zero-order valence-corrected chi connectivity index (χ0v) is 12.0. The molecule has 4 nitrogen and oxygen atoms in total. The fourth-order valence-electron chi connectivity index (χ4n) is 0.880. The predicted octanol–water partition coefficient (Wildman–Crippen LogP) is 1.86. The maximum absolute atomic E-state index is 5.59. The first-order chi connectivity index (χ1) is 7.62. The number of hydrogen-bond donors (Lipinski definition) is 0. The zero-order valence-electron chi connectivity index (χ0n) is 10.5. The molecule has 98 valence electrons. The van der Waals surface area contributed by atoms with Gasteiger partial charge in [0.1, 0.15) is 0 Å². The largest absolute Gasteiger partial charge is 0.382 e. The Hall–Kier alpha value is 0.320. The van der Waals surface area contributed by atoms with Gasteiger partial charge in [-0.3, -0.25) is 0 Å². The first-order valence-corrected chi connectivity index (χ1v) is 6.59. The number of alkyl halides is 1. The number of hydrogen-bond acceptors (Lipinski definition) is 4. The van der Waals surface area contributed by atoms with E-state index >= 15 is 0 Å². The van der Waals surface area contributed by atoms with Gasteiger partial charge in [0.25, 0.3) is 0 Å². The highest BCUT2D eigenvalue weighted by atomic mass is 79.9. The summed E-state index contributed by atoms with van der Waals surface area (Å²) in [7, 11) is 1.66. The van der Waals surface area contributed by atoms with E-state index < -0.39 is 0 Å². The van der Waals surface area contributed by atoms with Gasteiger partial charge in [0, 0.05) is 12.4 Å². The molecule has 0 bridgehead atoms. The molecule has 0 saturated heterocycles. The fraction of sp³-hybridized carbons (Fsp3) is 1.00. The van der Waals surface area contributed by atoms with Crippen molar-refractivity contribution in [3.8, 4) is 0 Å². The standard InChI is InChI=1S/C11H23BrO4/c1-11(2,10-12)16-9-8-15-7-6-14-5-4-13-3/h4-10H2,1-3H3. The molecule has 0 aromatic rings. The van der Waals surface area contributed by atoms with Gasteiger partial charge in [-0.1, -0.05) is 15.9 Å². The summed E-state index contributed by atoms with van der Waals surface area (Å²) in [5.74, 6) is 0. The summed E-state index contributed by atoms with van der Waals surface area (Å²) in [6.45, 7) is 7.73. The van der Waals surface area contributed by atoms with Crippen molar-refractivity contribution >= 4 is 15.9 Å². The van der Waals surface area contributed by atoms with Crippen molar-refractivity contribution in [2.45, 2.75) is 19.4 Å². The second-order valence-electron chi connectivity index (χ2n) is 3.96. The van der Waals surface area contributed by atoms with Crippen LogP contribution in [-0.4, -0.2) is 57.7 Å². The van der Waals surface area contributed by atoms with Gasteiger partial charge in [0.05, 0.1) is 45.2 Å². The Bertz CT molecular complexity index is 153. The second-order valence-corrected chi connectivity index (χ2v) is 4.52.